The second-order valence-electron chi connectivity index (χ2n) is 6.64. The summed E-state index contributed by atoms with van der Waals surface area (Å²) in [5.41, 5.74) is 3.32. The number of nitrogens with one attached hydrogen (secondary N) is 1. The highest BCUT2D eigenvalue weighted by molar-refractivity contribution is 6.30. The maximum Gasteiger partial charge on any atom is 0.254 e. The Balaban J connectivity index is 1.75. The van der Waals surface area contributed by atoms with Crippen molar-refractivity contribution in [3.8, 4) is 5.69 Å². The lowest BCUT2D eigenvalue weighted by atomic mass is 10.1. The van der Waals surface area contributed by atoms with Gasteiger partial charge in [-0.15, -0.1) is 0 Å². The Kier molecular flexibility index (Phi) is 5.94. The molecule has 0 saturated carbocycles. The van der Waals surface area contributed by atoms with E-state index in [2.05, 4.69) is 27.4 Å². The highest BCUT2D eigenvalue weighted by Gasteiger charge is 2.19. The summed E-state index contributed by atoms with van der Waals surface area (Å²) in [4.78, 5) is 14.8. The van der Waals surface area contributed by atoms with E-state index in [1.165, 1.54) is 0 Å². The fourth-order valence-corrected chi connectivity index (χ4v) is 3.24. The lowest BCUT2D eigenvalue weighted by Gasteiger charge is -2.25. The van der Waals surface area contributed by atoms with Crippen LogP contribution >= 0.6 is 11.6 Å². The molecule has 0 fully saturated rings. The second-order valence-corrected chi connectivity index (χ2v) is 7.07. The van der Waals surface area contributed by atoms with Crippen LogP contribution in [0.1, 0.15) is 27.7 Å². The van der Waals surface area contributed by atoms with Gasteiger partial charge in [0.25, 0.3) is 5.91 Å². The van der Waals surface area contributed by atoms with Crippen LogP contribution in [-0.4, -0.2) is 41.2 Å². The molecule has 1 N–H and O–H groups in total. The van der Waals surface area contributed by atoms with Crippen LogP contribution in [0.3, 0.4) is 0 Å². The molecule has 5 nitrogen and oxygen atoms in total. The number of hydrogen-bond donors (Lipinski definition) is 1. The zero-order chi connectivity index (χ0) is 19.4. The molecule has 1 heterocycles. The van der Waals surface area contributed by atoms with Crippen LogP contribution in [0, 0.1) is 6.92 Å². The predicted molar refractivity (Wildman–Crippen MR) is 109 cm³/mol. The smallest absolute Gasteiger partial charge is 0.254 e. The van der Waals surface area contributed by atoms with Crippen LogP contribution in [0.4, 0.5) is 0 Å². The number of amides is 1. The average molecular weight is 383 g/mol. The van der Waals surface area contributed by atoms with Gasteiger partial charge >= 0.3 is 0 Å². The average Bonchev–Trinajstić information content (AvgIpc) is 3.04. The number of benzene rings is 2. The molecule has 0 aliphatic carbocycles. The SMILES string of the molecule is Cc1c(C(=O)NC[C@H](c2ccccc2)N(C)C)cnn1-c1cccc(Cl)c1. The van der Waals surface area contributed by atoms with Gasteiger partial charge < -0.3 is 10.2 Å². The molecule has 27 heavy (non-hydrogen) atoms. The first-order valence-corrected chi connectivity index (χ1v) is 9.15. The molecule has 1 aromatic heterocycles. The Hall–Kier alpha value is -2.63. The third kappa shape index (κ3) is 4.38. The molecule has 0 aliphatic rings. The molecule has 140 valence electrons. The highest BCUT2D eigenvalue weighted by atomic mass is 35.5. The molecular weight excluding hydrogens is 360 g/mol. The molecule has 0 unspecified atom stereocenters. The first kappa shape index (κ1) is 19.1. The standard InChI is InChI=1S/C21H23ClN4O/c1-15-19(13-24-26(15)18-11-7-10-17(22)12-18)21(27)23-14-20(25(2)3)16-8-5-4-6-9-16/h4-13,20H,14H2,1-3H3,(H,23,27)/t20-/m1/s1. The number of likely N-dealkylation sites (N-methyl/N-ethyl adjacent to an activating group) is 1. The van der Waals surface area contributed by atoms with Crippen LogP contribution in [0.2, 0.25) is 5.02 Å². The second kappa shape index (κ2) is 8.37. The maximum atomic E-state index is 12.7. The van der Waals surface area contributed by atoms with Crippen molar-refractivity contribution < 1.29 is 4.79 Å². The third-order valence-corrected chi connectivity index (χ3v) is 4.81. The number of aromatic nitrogens is 2. The third-order valence-electron chi connectivity index (χ3n) is 4.57. The zero-order valence-electron chi connectivity index (χ0n) is 15.7. The van der Waals surface area contributed by atoms with Gasteiger partial charge in [0.05, 0.1) is 29.2 Å². The quantitative estimate of drug-likeness (QED) is 0.704. The molecule has 1 amide bonds. The van der Waals surface area contributed by atoms with Crippen LogP contribution in [0.25, 0.3) is 5.69 Å². The summed E-state index contributed by atoms with van der Waals surface area (Å²) in [7, 11) is 4.01. The predicted octanol–water partition coefficient (Wildman–Crippen LogP) is 3.87. The Bertz CT molecular complexity index is 921. The fraction of sp³-hybridized carbons (Fsp3) is 0.238. The highest BCUT2D eigenvalue weighted by Crippen LogP contribution is 2.19. The summed E-state index contributed by atoms with van der Waals surface area (Å²) < 4.78 is 1.72. The van der Waals surface area contributed by atoms with Gasteiger partial charge in [0, 0.05) is 11.6 Å². The Labute approximate surface area is 164 Å². The van der Waals surface area contributed by atoms with Gasteiger partial charge in [0.15, 0.2) is 0 Å². The van der Waals surface area contributed by atoms with Crippen LogP contribution in [0.5, 0.6) is 0 Å². The van der Waals surface area contributed by atoms with Crippen molar-refractivity contribution in [3.63, 3.8) is 0 Å². The molecule has 0 radical (unpaired) electrons. The molecule has 0 aliphatic heterocycles. The molecule has 3 aromatic rings. The van der Waals surface area contributed by atoms with E-state index in [1.807, 2.05) is 63.5 Å². The molecule has 3 rings (SSSR count). The Morgan fingerprint density at radius 1 is 1.19 bits per heavy atom. The van der Waals surface area contributed by atoms with E-state index in [0.29, 0.717) is 17.1 Å². The van der Waals surface area contributed by atoms with E-state index in [-0.39, 0.29) is 11.9 Å². The summed E-state index contributed by atoms with van der Waals surface area (Å²) in [5.74, 6) is -0.136. The Morgan fingerprint density at radius 3 is 2.59 bits per heavy atom. The van der Waals surface area contributed by atoms with E-state index in [4.69, 9.17) is 11.6 Å². The van der Waals surface area contributed by atoms with Crippen molar-refractivity contribution in [1.29, 1.82) is 0 Å². The number of carbonyl (C=O) groups excluding carboxylic acids is 1. The van der Waals surface area contributed by atoms with E-state index in [9.17, 15) is 4.79 Å². The number of nitrogens with zero attached hydrogens (tertiary/aromatic N) is 3. The van der Waals surface area contributed by atoms with Crippen LogP contribution in [-0.2, 0) is 0 Å². The minimum atomic E-state index is -0.136. The summed E-state index contributed by atoms with van der Waals surface area (Å²) in [6.45, 7) is 2.39. The summed E-state index contributed by atoms with van der Waals surface area (Å²) >= 11 is 6.06. The van der Waals surface area contributed by atoms with Gasteiger partial charge in [-0.1, -0.05) is 48.0 Å². The number of hydrogen-bond acceptors (Lipinski definition) is 3. The largest absolute Gasteiger partial charge is 0.350 e. The van der Waals surface area contributed by atoms with Crippen molar-refractivity contribution in [2.24, 2.45) is 0 Å². The lowest BCUT2D eigenvalue weighted by Crippen LogP contribution is -2.34. The summed E-state index contributed by atoms with van der Waals surface area (Å²) in [6, 6.07) is 17.6. The molecule has 2 aromatic carbocycles. The minimum Gasteiger partial charge on any atom is -0.350 e. The number of carbonyl (C=O) groups is 1. The van der Waals surface area contributed by atoms with E-state index in [1.54, 1.807) is 10.9 Å². The minimum absolute atomic E-state index is 0.0958. The normalized spacial score (nSPS) is 12.2. The monoisotopic (exact) mass is 382 g/mol. The topological polar surface area (TPSA) is 50.2 Å². The molecule has 0 spiro atoms. The number of halogens is 1. The van der Waals surface area contributed by atoms with Crippen molar-refractivity contribution in [2.45, 2.75) is 13.0 Å². The molecular formula is C21H23ClN4O. The van der Waals surface area contributed by atoms with Gasteiger partial charge in [0.2, 0.25) is 0 Å². The van der Waals surface area contributed by atoms with Crippen molar-refractivity contribution in [2.75, 3.05) is 20.6 Å². The molecule has 1 atom stereocenters. The van der Waals surface area contributed by atoms with E-state index in [0.717, 1.165) is 16.9 Å². The Morgan fingerprint density at radius 2 is 1.93 bits per heavy atom. The van der Waals surface area contributed by atoms with Gasteiger partial charge in [-0.25, -0.2) is 4.68 Å². The lowest BCUT2D eigenvalue weighted by molar-refractivity contribution is 0.0941. The van der Waals surface area contributed by atoms with Gasteiger partial charge in [-0.05, 0) is 44.8 Å². The summed E-state index contributed by atoms with van der Waals surface area (Å²) in [5, 5.41) is 8.02. The van der Waals surface area contributed by atoms with Crippen LogP contribution in [0.15, 0.2) is 60.8 Å². The summed E-state index contributed by atoms with van der Waals surface area (Å²) in [6.07, 6.45) is 1.60. The number of rotatable bonds is 6. The first-order chi connectivity index (χ1) is 13.0. The van der Waals surface area contributed by atoms with Gasteiger partial charge in [-0.3, -0.25) is 4.79 Å². The van der Waals surface area contributed by atoms with Crippen molar-refractivity contribution in [3.05, 3.63) is 82.6 Å². The van der Waals surface area contributed by atoms with E-state index >= 15 is 0 Å². The van der Waals surface area contributed by atoms with Crippen molar-refractivity contribution >= 4 is 17.5 Å². The first-order valence-electron chi connectivity index (χ1n) is 8.77. The molecule has 0 bridgehead atoms. The van der Waals surface area contributed by atoms with Gasteiger partial charge in [0.1, 0.15) is 0 Å². The molecule has 0 saturated heterocycles. The van der Waals surface area contributed by atoms with E-state index < -0.39 is 0 Å². The zero-order valence-corrected chi connectivity index (χ0v) is 16.4. The molecule has 6 heteroatoms. The fourth-order valence-electron chi connectivity index (χ4n) is 3.06. The maximum absolute atomic E-state index is 12.7. The van der Waals surface area contributed by atoms with Gasteiger partial charge in [-0.2, -0.15) is 5.10 Å². The van der Waals surface area contributed by atoms with Crippen molar-refractivity contribution in [1.82, 2.24) is 20.0 Å². The van der Waals surface area contributed by atoms with Crippen LogP contribution < -0.4 is 5.32 Å².